The van der Waals surface area contributed by atoms with Gasteiger partial charge >= 0.3 is 0 Å². The number of pyridine rings is 1. The van der Waals surface area contributed by atoms with Gasteiger partial charge in [-0.1, -0.05) is 42.5 Å². The van der Waals surface area contributed by atoms with Crippen LogP contribution in [0.3, 0.4) is 0 Å². The third kappa shape index (κ3) is 3.46. The quantitative estimate of drug-likeness (QED) is 0.662. The second kappa shape index (κ2) is 6.88. The minimum atomic E-state index is 0.744. The molecule has 0 saturated carbocycles. The Hall–Kier alpha value is -2.94. The second-order valence-electron chi connectivity index (χ2n) is 5.22. The monoisotopic (exact) mass is 302 g/mol. The van der Waals surface area contributed by atoms with Gasteiger partial charge < -0.3 is 4.74 Å². The molecule has 114 valence electrons. The van der Waals surface area contributed by atoms with E-state index in [4.69, 9.17) is 9.73 Å². The van der Waals surface area contributed by atoms with Crippen molar-refractivity contribution in [3.05, 3.63) is 89.7 Å². The fourth-order valence-electron chi connectivity index (χ4n) is 2.37. The van der Waals surface area contributed by atoms with Crippen LogP contribution >= 0.6 is 0 Å². The summed E-state index contributed by atoms with van der Waals surface area (Å²) in [5, 5.41) is 0. The van der Waals surface area contributed by atoms with E-state index in [1.807, 2.05) is 72.9 Å². The summed E-state index contributed by atoms with van der Waals surface area (Å²) in [6, 6.07) is 21.8. The number of rotatable bonds is 4. The first kappa shape index (κ1) is 15.0. The Morgan fingerprint density at radius 2 is 1.70 bits per heavy atom. The van der Waals surface area contributed by atoms with Crippen LogP contribution in [-0.2, 0) is 0 Å². The minimum absolute atomic E-state index is 0.744. The zero-order chi connectivity index (χ0) is 16.1. The molecule has 0 N–H and O–H groups in total. The van der Waals surface area contributed by atoms with Gasteiger partial charge in [-0.2, -0.15) is 0 Å². The highest BCUT2D eigenvalue weighted by Crippen LogP contribution is 2.28. The average Bonchev–Trinajstić information content (AvgIpc) is 2.60. The predicted octanol–water partition coefficient (Wildman–Crippen LogP) is 4.57. The van der Waals surface area contributed by atoms with E-state index in [0.717, 1.165) is 34.0 Å². The molecule has 0 aliphatic heterocycles. The Kier molecular flexibility index (Phi) is 4.48. The summed E-state index contributed by atoms with van der Waals surface area (Å²) in [4.78, 5) is 9.34. The van der Waals surface area contributed by atoms with Gasteiger partial charge in [0.15, 0.2) is 0 Å². The lowest BCUT2D eigenvalue weighted by Crippen LogP contribution is -2.06. The Morgan fingerprint density at radius 1 is 0.957 bits per heavy atom. The lowest BCUT2D eigenvalue weighted by atomic mass is 10.1. The van der Waals surface area contributed by atoms with Crippen molar-refractivity contribution in [1.29, 1.82) is 0 Å². The highest BCUT2D eigenvalue weighted by molar-refractivity contribution is 6.13. The maximum Gasteiger partial charge on any atom is 0.144 e. The molecule has 0 radical (unpaired) electrons. The number of methoxy groups -OCH3 is 1. The van der Waals surface area contributed by atoms with Crippen molar-refractivity contribution in [2.45, 2.75) is 6.92 Å². The summed E-state index contributed by atoms with van der Waals surface area (Å²) < 4.78 is 5.41. The molecule has 1 aromatic heterocycles. The van der Waals surface area contributed by atoms with Crippen molar-refractivity contribution in [1.82, 2.24) is 4.98 Å². The van der Waals surface area contributed by atoms with E-state index in [1.54, 1.807) is 7.11 Å². The molecule has 0 saturated heterocycles. The largest absolute Gasteiger partial charge is 0.494 e. The number of nitrogens with zero attached hydrogens (tertiary/aromatic N) is 2. The van der Waals surface area contributed by atoms with Crippen LogP contribution in [0.1, 0.15) is 16.8 Å². The fourth-order valence-corrected chi connectivity index (χ4v) is 2.37. The summed E-state index contributed by atoms with van der Waals surface area (Å²) >= 11 is 0. The maximum atomic E-state index is 5.41. The van der Waals surface area contributed by atoms with Gasteiger partial charge in [-0.15, -0.1) is 0 Å². The van der Waals surface area contributed by atoms with Crippen molar-refractivity contribution in [2.24, 2.45) is 4.99 Å². The Balaban J connectivity index is 2.18. The molecule has 0 unspecified atom stereocenters. The predicted molar refractivity (Wildman–Crippen MR) is 93.7 cm³/mol. The number of aliphatic imine (C=N–C) groups is 1. The molecule has 0 amide bonds. The van der Waals surface area contributed by atoms with Crippen LogP contribution in [-0.4, -0.2) is 17.8 Å². The molecule has 23 heavy (non-hydrogen) atoms. The van der Waals surface area contributed by atoms with Gasteiger partial charge in [0.1, 0.15) is 11.4 Å². The van der Waals surface area contributed by atoms with E-state index < -0.39 is 0 Å². The van der Waals surface area contributed by atoms with Crippen LogP contribution in [0.4, 0.5) is 5.69 Å². The molecule has 3 heteroatoms. The summed E-state index contributed by atoms with van der Waals surface area (Å²) in [7, 11) is 1.65. The van der Waals surface area contributed by atoms with Crippen LogP contribution in [0, 0.1) is 6.92 Å². The molecule has 0 bridgehead atoms. The molecule has 1 heterocycles. The van der Waals surface area contributed by atoms with Crippen LogP contribution < -0.4 is 4.74 Å². The number of aromatic nitrogens is 1. The molecule has 2 aromatic carbocycles. The summed E-state index contributed by atoms with van der Waals surface area (Å²) in [6.45, 7) is 2.05. The average molecular weight is 302 g/mol. The molecule has 3 rings (SSSR count). The zero-order valence-electron chi connectivity index (χ0n) is 13.2. The first-order valence-electron chi connectivity index (χ1n) is 7.48. The van der Waals surface area contributed by atoms with Crippen LogP contribution in [0.15, 0.2) is 77.9 Å². The van der Waals surface area contributed by atoms with Crippen molar-refractivity contribution in [3.63, 3.8) is 0 Å². The third-order valence-electron chi connectivity index (χ3n) is 3.52. The van der Waals surface area contributed by atoms with E-state index in [-0.39, 0.29) is 0 Å². The number of benzene rings is 2. The Bertz CT molecular complexity index is 826. The molecule has 0 spiro atoms. The number of hydrogen-bond acceptors (Lipinski definition) is 3. The first-order valence-corrected chi connectivity index (χ1v) is 7.48. The number of ether oxygens (including phenoxy) is 1. The number of aryl methyl sites for hydroxylation is 1. The van der Waals surface area contributed by atoms with Crippen molar-refractivity contribution >= 4 is 11.4 Å². The Labute approximate surface area is 136 Å². The highest BCUT2D eigenvalue weighted by atomic mass is 16.5. The topological polar surface area (TPSA) is 34.5 Å². The summed E-state index contributed by atoms with van der Waals surface area (Å²) in [5.74, 6) is 0.744. The lowest BCUT2D eigenvalue weighted by Gasteiger charge is -2.09. The van der Waals surface area contributed by atoms with Gasteiger partial charge in [0, 0.05) is 11.8 Å². The van der Waals surface area contributed by atoms with Gasteiger partial charge in [0.2, 0.25) is 0 Å². The SMILES string of the molecule is COc1ccccc1N=C(c1ccccc1)c1cc(C)ccn1. The van der Waals surface area contributed by atoms with E-state index in [2.05, 4.69) is 11.9 Å². The van der Waals surface area contributed by atoms with Gasteiger partial charge in [0.05, 0.1) is 18.5 Å². The van der Waals surface area contributed by atoms with E-state index in [1.165, 1.54) is 0 Å². The smallest absolute Gasteiger partial charge is 0.144 e. The molecule has 0 aliphatic carbocycles. The van der Waals surface area contributed by atoms with Gasteiger partial charge in [0.25, 0.3) is 0 Å². The van der Waals surface area contributed by atoms with Crippen molar-refractivity contribution in [3.8, 4) is 5.75 Å². The zero-order valence-corrected chi connectivity index (χ0v) is 13.2. The summed E-state index contributed by atoms with van der Waals surface area (Å²) in [6.07, 6.45) is 1.81. The Morgan fingerprint density at radius 3 is 2.43 bits per heavy atom. The molecular weight excluding hydrogens is 284 g/mol. The van der Waals surface area contributed by atoms with Gasteiger partial charge in [-0.05, 0) is 36.8 Å². The fraction of sp³-hybridized carbons (Fsp3) is 0.100. The van der Waals surface area contributed by atoms with Crippen LogP contribution in [0.2, 0.25) is 0 Å². The first-order chi connectivity index (χ1) is 11.3. The normalized spacial score (nSPS) is 11.3. The van der Waals surface area contributed by atoms with E-state index >= 15 is 0 Å². The molecule has 0 atom stereocenters. The molecule has 3 nitrogen and oxygen atoms in total. The minimum Gasteiger partial charge on any atom is -0.494 e. The molecular formula is C20H18N2O. The maximum absolute atomic E-state index is 5.41. The van der Waals surface area contributed by atoms with Crippen molar-refractivity contribution < 1.29 is 4.74 Å². The van der Waals surface area contributed by atoms with Crippen LogP contribution in [0.5, 0.6) is 5.75 Å². The van der Waals surface area contributed by atoms with E-state index in [0.29, 0.717) is 0 Å². The second-order valence-corrected chi connectivity index (χ2v) is 5.22. The number of hydrogen-bond donors (Lipinski definition) is 0. The van der Waals surface area contributed by atoms with Crippen LogP contribution in [0.25, 0.3) is 0 Å². The highest BCUT2D eigenvalue weighted by Gasteiger charge is 2.10. The van der Waals surface area contributed by atoms with Gasteiger partial charge in [-0.25, -0.2) is 4.99 Å². The molecule has 0 aliphatic rings. The summed E-state index contributed by atoms with van der Waals surface area (Å²) in [5.41, 5.74) is 4.65. The van der Waals surface area contributed by atoms with Crippen molar-refractivity contribution in [2.75, 3.05) is 7.11 Å². The number of para-hydroxylation sites is 2. The standard InChI is InChI=1S/C20H18N2O/c1-15-12-13-21-18(14-15)20(16-8-4-3-5-9-16)22-17-10-6-7-11-19(17)23-2/h3-14H,1-2H3. The van der Waals surface area contributed by atoms with Gasteiger partial charge in [-0.3, -0.25) is 4.98 Å². The lowest BCUT2D eigenvalue weighted by molar-refractivity contribution is 0.416. The molecule has 3 aromatic rings. The van der Waals surface area contributed by atoms with E-state index in [9.17, 15) is 0 Å². The third-order valence-corrected chi connectivity index (χ3v) is 3.52. The molecule has 0 fully saturated rings.